The van der Waals surface area contributed by atoms with Crippen molar-refractivity contribution < 1.29 is 19.2 Å². The van der Waals surface area contributed by atoms with Gasteiger partial charge in [-0.25, -0.2) is 4.79 Å². The Bertz CT molecular complexity index is 495. The van der Waals surface area contributed by atoms with Crippen LogP contribution in [0.25, 0.3) is 0 Å². The van der Waals surface area contributed by atoms with Crippen LogP contribution in [0, 0.1) is 0 Å². The molecule has 8 heteroatoms. The topological polar surface area (TPSA) is 97.4 Å². The first kappa shape index (κ1) is 20.8. The van der Waals surface area contributed by atoms with Crippen LogP contribution in [0.4, 0.5) is 4.79 Å². The number of oxime groups is 1. The number of rotatable bonds is 3. The lowest BCUT2D eigenvalue weighted by atomic mass is 10.2. The average molecular weight is 360 g/mol. The molecule has 1 heterocycles. The number of nitrogens with two attached hydrogens (primary N) is 1. The fourth-order valence-corrected chi connectivity index (χ4v) is 3.70. The van der Waals surface area contributed by atoms with Crippen LogP contribution in [-0.4, -0.2) is 54.6 Å². The van der Waals surface area contributed by atoms with Crippen LogP contribution in [0.1, 0.15) is 48.0 Å². The van der Waals surface area contributed by atoms with Gasteiger partial charge in [-0.05, 0) is 38.9 Å². The van der Waals surface area contributed by atoms with Crippen LogP contribution in [-0.2, 0) is 9.16 Å². The highest BCUT2D eigenvalue weighted by Crippen LogP contribution is 2.39. The third kappa shape index (κ3) is 5.11. The number of nitrogens with zero attached hydrogens (tertiary/aromatic N) is 2. The number of hydrogen-bond donors (Lipinski definition) is 2. The highest BCUT2D eigenvalue weighted by molar-refractivity contribution is 6.74. The summed E-state index contributed by atoms with van der Waals surface area (Å²) in [5, 5.41) is 12.2. The van der Waals surface area contributed by atoms with Gasteiger partial charge >= 0.3 is 6.09 Å². The first-order chi connectivity index (χ1) is 10.7. The summed E-state index contributed by atoms with van der Waals surface area (Å²) in [6.45, 7) is 16.6. The van der Waals surface area contributed by atoms with Crippen LogP contribution >= 0.6 is 0 Å². The van der Waals surface area contributed by atoms with Gasteiger partial charge in [-0.2, -0.15) is 0 Å². The van der Waals surface area contributed by atoms with Crippen molar-refractivity contribution in [3.05, 3.63) is 0 Å². The largest absolute Gasteiger partial charge is 0.444 e. The quantitative estimate of drug-likeness (QED) is 0.265. The molecule has 1 rings (SSSR count). The number of ether oxygens (including phenoxy) is 1. The van der Waals surface area contributed by atoms with E-state index in [9.17, 15) is 4.79 Å². The van der Waals surface area contributed by atoms with E-state index in [1.807, 2.05) is 20.8 Å². The summed E-state index contributed by atoms with van der Waals surface area (Å²) >= 11 is 0. The van der Waals surface area contributed by atoms with Crippen LogP contribution in [0.5, 0.6) is 0 Å². The van der Waals surface area contributed by atoms with E-state index in [1.165, 1.54) is 4.90 Å². The molecule has 2 atom stereocenters. The minimum Gasteiger partial charge on any atom is -0.444 e. The molecule has 0 radical (unpaired) electrons. The molecule has 1 saturated heterocycles. The van der Waals surface area contributed by atoms with Gasteiger partial charge < -0.3 is 20.1 Å². The second-order valence-electron chi connectivity index (χ2n) is 8.91. The maximum absolute atomic E-state index is 12.5. The maximum atomic E-state index is 12.5. The Morgan fingerprint density at radius 1 is 1.25 bits per heavy atom. The maximum Gasteiger partial charge on any atom is 0.411 e. The van der Waals surface area contributed by atoms with Gasteiger partial charge in [0.15, 0.2) is 14.2 Å². The second kappa shape index (κ2) is 6.91. The molecule has 3 N–H and O–H groups in total. The summed E-state index contributed by atoms with van der Waals surface area (Å²) in [4.78, 5) is 14.0. The van der Waals surface area contributed by atoms with E-state index in [2.05, 4.69) is 39.0 Å². The predicted molar refractivity (Wildman–Crippen MR) is 96.8 cm³/mol. The van der Waals surface area contributed by atoms with E-state index < -0.39 is 26.1 Å². The monoisotopic (exact) mass is 359 g/mol. The molecule has 0 aromatic carbocycles. The number of hydrogen-bond acceptors (Lipinski definition) is 5. The Balaban J connectivity index is 2.94. The van der Waals surface area contributed by atoms with Gasteiger partial charge in [0, 0.05) is 13.0 Å². The van der Waals surface area contributed by atoms with Crippen molar-refractivity contribution in [3.8, 4) is 0 Å². The summed E-state index contributed by atoms with van der Waals surface area (Å²) in [6, 6.07) is -0.514. The molecule has 1 fully saturated rings. The normalized spacial score (nSPS) is 23.5. The summed E-state index contributed by atoms with van der Waals surface area (Å²) in [5.74, 6) is 0.00203. The van der Waals surface area contributed by atoms with Gasteiger partial charge in [0.05, 0.1) is 12.1 Å². The van der Waals surface area contributed by atoms with Gasteiger partial charge in [-0.3, -0.25) is 4.90 Å². The zero-order valence-electron chi connectivity index (χ0n) is 16.2. The Morgan fingerprint density at radius 3 is 2.21 bits per heavy atom. The van der Waals surface area contributed by atoms with Gasteiger partial charge in [0.25, 0.3) is 0 Å². The molecule has 1 aliphatic heterocycles. The third-order valence-electron chi connectivity index (χ3n) is 4.62. The Labute approximate surface area is 146 Å². The van der Waals surface area contributed by atoms with Crippen LogP contribution in [0.3, 0.4) is 0 Å². The molecule has 0 bridgehead atoms. The van der Waals surface area contributed by atoms with E-state index in [-0.39, 0.29) is 17.0 Å². The van der Waals surface area contributed by atoms with E-state index >= 15 is 0 Å². The van der Waals surface area contributed by atoms with Crippen LogP contribution in [0.2, 0.25) is 18.1 Å². The fourth-order valence-electron chi connectivity index (χ4n) is 2.35. The lowest BCUT2D eigenvalue weighted by molar-refractivity contribution is 0.0245. The fraction of sp³-hybridized carbons (Fsp3) is 0.875. The number of amides is 1. The van der Waals surface area contributed by atoms with Crippen molar-refractivity contribution in [1.82, 2.24) is 4.90 Å². The lowest BCUT2D eigenvalue weighted by Crippen LogP contribution is -2.46. The van der Waals surface area contributed by atoms with Gasteiger partial charge in [-0.1, -0.05) is 25.9 Å². The minimum atomic E-state index is -1.98. The van der Waals surface area contributed by atoms with Gasteiger partial charge in [-0.15, -0.1) is 0 Å². The van der Waals surface area contributed by atoms with Crippen molar-refractivity contribution in [2.75, 3.05) is 6.54 Å². The minimum absolute atomic E-state index is 0.00203. The highest BCUT2D eigenvalue weighted by atomic mass is 28.4. The predicted octanol–water partition coefficient (Wildman–Crippen LogP) is 3.13. The molecular weight excluding hydrogens is 326 g/mol. The SMILES string of the molecule is CC(C)(C)OC(=O)N1CC(O[Si](C)(C)C(C)(C)C)C[C@H]1/C(N)=N/O. The molecular formula is C16H33N3O4Si. The van der Waals surface area contributed by atoms with E-state index in [1.54, 1.807) is 0 Å². The standard InChI is InChI=1S/C16H33N3O4Si/c1-15(2,3)22-14(20)19-10-11(9-12(19)13(17)18-21)23-24(7,8)16(4,5)6/h11-12,21H,9-10H2,1-8H3,(H2,17,18)/t11?,12-/m0/s1. The molecule has 24 heavy (non-hydrogen) atoms. The number of likely N-dealkylation sites (tertiary alicyclic amines) is 1. The molecule has 1 unspecified atom stereocenters. The van der Waals surface area contributed by atoms with Gasteiger partial charge in [0.1, 0.15) is 5.60 Å². The van der Waals surface area contributed by atoms with E-state index in [0.717, 1.165) is 0 Å². The third-order valence-corrected chi connectivity index (χ3v) is 9.15. The zero-order valence-corrected chi connectivity index (χ0v) is 17.2. The molecule has 1 amide bonds. The number of carbonyl (C=O) groups is 1. The van der Waals surface area contributed by atoms with E-state index in [4.69, 9.17) is 20.1 Å². The highest BCUT2D eigenvalue weighted by Gasteiger charge is 2.45. The number of amidine groups is 1. The molecule has 7 nitrogen and oxygen atoms in total. The first-order valence-corrected chi connectivity index (χ1v) is 11.2. The Kier molecular flexibility index (Phi) is 5.98. The first-order valence-electron chi connectivity index (χ1n) is 8.33. The van der Waals surface area contributed by atoms with Crippen molar-refractivity contribution in [1.29, 1.82) is 0 Å². The summed E-state index contributed by atoms with van der Waals surface area (Å²) in [6.07, 6.45) is -0.120. The van der Waals surface area contributed by atoms with E-state index in [0.29, 0.717) is 13.0 Å². The molecule has 0 spiro atoms. The summed E-state index contributed by atoms with van der Waals surface area (Å²) in [7, 11) is -1.98. The Morgan fingerprint density at radius 2 is 1.79 bits per heavy atom. The van der Waals surface area contributed by atoms with Crippen LogP contribution in [0.15, 0.2) is 5.16 Å². The Hall–Kier alpha value is -1.28. The number of carbonyl (C=O) groups excluding carboxylic acids is 1. The van der Waals surface area contributed by atoms with Crippen molar-refractivity contribution in [3.63, 3.8) is 0 Å². The van der Waals surface area contributed by atoms with Crippen molar-refractivity contribution >= 4 is 20.2 Å². The second-order valence-corrected chi connectivity index (χ2v) is 13.7. The molecule has 140 valence electrons. The molecule has 0 aliphatic carbocycles. The van der Waals surface area contributed by atoms with Gasteiger partial charge in [0.2, 0.25) is 0 Å². The molecule has 0 aromatic rings. The summed E-state index contributed by atoms with van der Waals surface area (Å²) < 4.78 is 11.8. The molecule has 1 aliphatic rings. The van der Waals surface area contributed by atoms with Crippen molar-refractivity contribution in [2.24, 2.45) is 10.9 Å². The zero-order chi connectivity index (χ0) is 18.9. The molecule has 0 aromatic heterocycles. The average Bonchev–Trinajstić information content (AvgIpc) is 2.77. The van der Waals surface area contributed by atoms with Crippen LogP contribution < -0.4 is 5.73 Å². The van der Waals surface area contributed by atoms with Crippen molar-refractivity contribution in [2.45, 2.75) is 83.8 Å². The smallest absolute Gasteiger partial charge is 0.411 e. The lowest BCUT2D eigenvalue weighted by Gasteiger charge is -2.38. The summed E-state index contributed by atoms with van der Waals surface area (Å²) in [5.41, 5.74) is 5.18. The molecule has 0 saturated carbocycles.